The van der Waals surface area contributed by atoms with E-state index in [4.69, 9.17) is 0 Å². The second kappa shape index (κ2) is 8.10. The fourth-order valence-electron chi connectivity index (χ4n) is 2.68. The van der Waals surface area contributed by atoms with Gasteiger partial charge in [0.15, 0.2) is 0 Å². The van der Waals surface area contributed by atoms with Crippen LogP contribution in [0.15, 0.2) is 0 Å². The third kappa shape index (κ3) is 5.87. The molecule has 1 fully saturated rings. The molecule has 0 spiro atoms. The van der Waals surface area contributed by atoms with Crippen LogP contribution < -0.4 is 5.32 Å². The van der Waals surface area contributed by atoms with E-state index in [-0.39, 0.29) is 0 Å². The summed E-state index contributed by atoms with van der Waals surface area (Å²) in [6.07, 6.45) is 6.71. The average Bonchev–Trinajstić information content (AvgIpc) is 2.33. The summed E-state index contributed by atoms with van der Waals surface area (Å²) in [5.74, 6) is 0.844. The number of nitrogens with one attached hydrogen (secondary N) is 1. The monoisotopic (exact) mass is 240 g/mol. The van der Waals surface area contributed by atoms with Crippen LogP contribution in [0.5, 0.6) is 0 Å². The van der Waals surface area contributed by atoms with Crippen molar-refractivity contribution in [1.29, 1.82) is 0 Å². The highest BCUT2D eigenvalue weighted by molar-refractivity contribution is 4.81. The maximum absolute atomic E-state index is 3.68. The summed E-state index contributed by atoms with van der Waals surface area (Å²) in [4.78, 5) is 2.69. The number of likely N-dealkylation sites (tertiary alicyclic amines) is 1. The molecular weight excluding hydrogens is 208 g/mol. The molecule has 102 valence electrons. The van der Waals surface area contributed by atoms with E-state index in [0.29, 0.717) is 0 Å². The van der Waals surface area contributed by atoms with E-state index in [9.17, 15) is 0 Å². The van der Waals surface area contributed by atoms with E-state index in [1.54, 1.807) is 0 Å². The molecule has 1 aliphatic heterocycles. The Bertz CT molecular complexity index is 191. The highest BCUT2D eigenvalue weighted by Gasteiger charge is 2.22. The van der Waals surface area contributed by atoms with Crippen molar-refractivity contribution in [3.63, 3.8) is 0 Å². The van der Waals surface area contributed by atoms with Gasteiger partial charge in [-0.3, -0.25) is 4.90 Å². The lowest BCUT2D eigenvalue weighted by atomic mass is 9.99. The maximum atomic E-state index is 3.68. The first kappa shape index (κ1) is 15.0. The Morgan fingerprint density at radius 3 is 2.65 bits per heavy atom. The van der Waals surface area contributed by atoms with Gasteiger partial charge < -0.3 is 5.32 Å². The van der Waals surface area contributed by atoms with Gasteiger partial charge in [-0.1, -0.05) is 20.8 Å². The Morgan fingerprint density at radius 2 is 2.00 bits per heavy atom. The van der Waals surface area contributed by atoms with Crippen LogP contribution in [0.2, 0.25) is 0 Å². The maximum Gasteiger partial charge on any atom is 0.0195 e. The minimum absolute atomic E-state index is 0.741. The Labute approximate surface area is 108 Å². The zero-order valence-electron chi connectivity index (χ0n) is 12.3. The zero-order chi connectivity index (χ0) is 12.7. The van der Waals surface area contributed by atoms with Crippen molar-refractivity contribution in [3.8, 4) is 0 Å². The minimum atomic E-state index is 0.741. The first-order valence-electron chi connectivity index (χ1n) is 7.61. The van der Waals surface area contributed by atoms with Crippen LogP contribution in [0.25, 0.3) is 0 Å². The fourth-order valence-corrected chi connectivity index (χ4v) is 2.68. The van der Waals surface area contributed by atoms with Crippen LogP contribution in [0.3, 0.4) is 0 Å². The molecule has 17 heavy (non-hydrogen) atoms. The van der Waals surface area contributed by atoms with E-state index in [2.05, 4.69) is 37.9 Å². The van der Waals surface area contributed by atoms with E-state index < -0.39 is 0 Å². The Hall–Kier alpha value is -0.0800. The lowest BCUT2D eigenvalue weighted by molar-refractivity contribution is 0.136. The predicted octanol–water partition coefficient (Wildman–Crippen LogP) is 3.28. The fraction of sp³-hybridized carbons (Fsp3) is 1.00. The van der Waals surface area contributed by atoms with Gasteiger partial charge in [0.2, 0.25) is 0 Å². The summed E-state index contributed by atoms with van der Waals surface area (Å²) in [6, 6.07) is 1.51. The molecule has 2 nitrogen and oxygen atoms in total. The molecule has 0 bridgehead atoms. The topological polar surface area (TPSA) is 15.3 Å². The zero-order valence-corrected chi connectivity index (χ0v) is 12.3. The average molecular weight is 240 g/mol. The number of rotatable bonds is 7. The summed E-state index contributed by atoms with van der Waals surface area (Å²) >= 11 is 0. The summed E-state index contributed by atoms with van der Waals surface area (Å²) in [6.45, 7) is 13.1. The van der Waals surface area contributed by atoms with Crippen LogP contribution in [-0.2, 0) is 0 Å². The van der Waals surface area contributed by atoms with Gasteiger partial charge in [0.05, 0.1) is 0 Å². The molecule has 1 heterocycles. The van der Waals surface area contributed by atoms with Gasteiger partial charge in [0.1, 0.15) is 0 Å². The van der Waals surface area contributed by atoms with Crippen LogP contribution in [-0.4, -0.2) is 36.6 Å². The molecule has 0 amide bonds. The first-order valence-corrected chi connectivity index (χ1v) is 7.61. The van der Waals surface area contributed by atoms with Crippen molar-refractivity contribution in [3.05, 3.63) is 0 Å². The third-order valence-corrected chi connectivity index (χ3v) is 3.92. The van der Waals surface area contributed by atoms with E-state index in [1.165, 1.54) is 51.7 Å². The van der Waals surface area contributed by atoms with Crippen molar-refractivity contribution in [1.82, 2.24) is 10.2 Å². The summed E-state index contributed by atoms with van der Waals surface area (Å²) in [7, 11) is 0. The standard InChI is InChI=1S/C15H32N2/c1-5-10-16-15-7-6-11-17(12-15)14(4)9-8-13(2)3/h13-16H,5-12H2,1-4H3. The SMILES string of the molecule is CCCNC1CCCN(C(C)CCC(C)C)C1. The molecule has 2 heteroatoms. The molecule has 0 aromatic rings. The lowest BCUT2D eigenvalue weighted by Crippen LogP contribution is -2.49. The van der Waals surface area contributed by atoms with Gasteiger partial charge in [-0.15, -0.1) is 0 Å². The predicted molar refractivity (Wildman–Crippen MR) is 76.4 cm³/mol. The number of hydrogen-bond acceptors (Lipinski definition) is 2. The smallest absolute Gasteiger partial charge is 0.0195 e. The molecule has 0 aromatic carbocycles. The van der Waals surface area contributed by atoms with E-state index >= 15 is 0 Å². The molecule has 2 unspecified atom stereocenters. The third-order valence-electron chi connectivity index (χ3n) is 3.92. The van der Waals surface area contributed by atoms with Gasteiger partial charge in [0, 0.05) is 18.6 Å². The number of nitrogens with zero attached hydrogens (tertiary/aromatic N) is 1. The molecule has 0 saturated carbocycles. The van der Waals surface area contributed by atoms with Crippen molar-refractivity contribution in [2.45, 2.75) is 71.9 Å². The molecule has 1 aliphatic rings. The molecule has 0 aromatic heterocycles. The summed E-state index contributed by atoms with van der Waals surface area (Å²) < 4.78 is 0. The van der Waals surface area contributed by atoms with Crippen LogP contribution in [0, 0.1) is 5.92 Å². The van der Waals surface area contributed by atoms with Crippen molar-refractivity contribution in [2.24, 2.45) is 5.92 Å². The van der Waals surface area contributed by atoms with Gasteiger partial charge in [-0.2, -0.15) is 0 Å². The number of hydrogen-bond donors (Lipinski definition) is 1. The van der Waals surface area contributed by atoms with E-state index in [1.807, 2.05) is 0 Å². The van der Waals surface area contributed by atoms with Crippen molar-refractivity contribution < 1.29 is 0 Å². The van der Waals surface area contributed by atoms with E-state index in [0.717, 1.165) is 18.0 Å². The first-order chi connectivity index (χ1) is 8.13. The van der Waals surface area contributed by atoms with Crippen LogP contribution in [0.4, 0.5) is 0 Å². The quantitative estimate of drug-likeness (QED) is 0.735. The second-order valence-corrected chi connectivity index (χ2v) is 6.11. The normalized spacial score (nSPS) is 24.2. The minimum Gasteiger partial charge on any atom is -0.313 e. The second-order valence-electron chi connectivity index (χ2n) is 6.11. The highest BCUT2D eigenvalue weighted by Crippen LogP contribution is 2.17. The van der Waals surface area contributed by atoms with Gasteiger partial charge >= 0.3 is 0 Å². The lowest BCUT2D eigenvalue weighted by Gasteiger charge is -2.37. The Balaban J connectivity index is 2.27. The largest absolute Gasteiger partial charge is 0.313 e. The van der Waals surface area contributed by atoms with Crippen LogP contribution in [0.1, 0.15) is 59.8 Å². The molecule has 0 aliphatic carbocycles. The van der Waals surface area contributed by atoms with Crippen molar-refractivity contribution >= 4 is 0 Å². The Kier molecular flexibility index (Phi) is 7.14. The van der Waals surface area contributed by atoms with Crippen LogP contribution >= 0.6 is 0 Å². The summed E-state index contributed by atoms with van der Waals surface area (Å²) in [5, 5.41) is 3.68. The molecule has 0 radical (unpaired) electrons. The summed E-state index contributed by atoms with van der Waals surface area (Å²) in [5.41, 5.74) is 0. The van der Waals surface area contributed by atoms with Gasteiger partial charge in [0.25, 0.3) is 0 Å². The van der Waals surface area contributed by atoms with Gasteiger partial charge in [-0.25, -0.2) is 0 Å². The molecule has 1 rings (SSSR count). The molecule has 2 atom stereocenters. The van der Waals surface area contributed by atoms with Gasteiger partial charge in [-0.05, 0) is 58.0 Å². The molecular formula is C15H32N2. The Morgan fingerprint density at radius 1 is 1.24 bits per heavy atom. The molecule has 1 saturated heterocycles. The number of piperidine rings is 1. The van der Waals surface area contributed by atoms with Crippen molar-refractivity contribution in [2.75, 3.05) is 19.6 Å². The highest BCUT2D eigenvalue weighted by atomic mass is 15.2. The molecule has 1 N–H and O–H groups in total.